The summed E-state index contributed by atoms with van der Waals surface area (Å²) in [6, 6.07) is 0. The van der Waals surface area contributed by atoms with Crippen LogP contribution in [0.3, 0.4) is 0 Å². The minimum Gasteiger partial charge on any atom is -0.412 e. The Hall–Kier alpha value is 1.44. The van der Waals surface area contributed by atoms with Crippen LogP contribution in [0.15, 0.2) is 0 Å². The first kappa shape index (κ1) is 23.7. The van der Waals surface area contributed by atoms with E-state index in [0.29, 0.717) is 0 Å². The third kappa shape index (κ3) is 106. The minimum atomic E-state index is -0.0486. The maximum atomic E-state index is 2.37. The summed E-state index contributed by atoms with van der Waals surface area (Å²) in [6.07, 6.45) is 0. The van der Waals surface area contributed by atoms with Crippen LogP contribution in [0, 0.1) is 0 Å². The Bertz CT molecular complexity index is 17.7. The van der Waals surface area contributed by atoms with Gasteiger partial charge in [-0.15, -0.1) is 0 Å². The van der Waals surface area contributed by atoms with Crippen LogP contribution in [0.5, 0.6) is 0 Å². The molecule has 0 bridgehead atoms. The van der Waals surface area contributed by atoms with E-state index in [4.69, 9.17) is 0 Å². The third-order valence-electron chi connectivity index (χ3n) is 0. The molecular formula is C2H12AsNaO3. The van der Waals surface area contributed by atoms with E-state index >= 15 is 0 Å². The molecule has 7 heavy (non-hydrogen) atoms. The maximum Gasteiger partial charge on any atom is -0.412 e. The Morgan fingerprint density at radius 1 is 1.00 bits per heavy atom. The predicted octanol–water partition coefficient (Wildman–Crippen LogP) is -2.07. The van der Waals surface area contributed by atoms with Gasteiger partial charge in [-0.25, -0.2) is 0 Å². The van der Waals surface area contributed by atoms with Crippen molar-refractivity contribution in [2.75, 3.05) is 0 Å². The molecular weight excluding hydrogens is 170 g/mol. The summed E-state index contributed by atoms with van der Waals surface area (Å²) >= 11 is 1.49. The molecule has 0 unspecified atom stereocenters. The Kier molecular flexibility index (Phi) is 53.0. The van der Waals surface area contributed by atoms with Gasteiger partial charge >= 0.3 is 46.6 Å². The largest absolute Gasteiger partial charge is 0.412 e. The predicted molar refractivity (Wildman–Crippen MR) is 34.1 cm³/mol. The molecule has 6 N–H and O–H groups in total. The zero-order chi connectivity index (χ0) is 3.58. The molecule has 0 radical (unpaired) electrons. The van der Waals surface area contributed by atoms with Crippen LogP contribution in [-0.4, -0.2) is 51.6 Å². The fourth-order valence-electron chi connectivity index (χ4n) is 0. The standard InChI is InChI=1S/C2H6As.Na.3H2O/c1-3-2;;;;/h1-2H3;;3*1H2/q-1;+1;;;. The van der Waals surface area contributed by atoms with Crippen molar-refractivity contribution in [2.24, 2.45) is 0 Å². The molecule has 0 aromatic carbocycles. The Morgan fingerprint density at radius 3 is 1.00 bits per heavy atom. The maximum absolute atomic E-state index is 2.37. The van der Waals surface area contributed by atoms with E-state index in [1.165, 1.54) is 25.1 Å². The van der Waals surface area contributed by atoms with E-state index in [-0.39, 0.29) is 26.5 Å². The molecule has 0 atom stereocenters. The average Bonchev–Trinajstić information content (AvgIpc) is 0.811. The molecule has 0 saturated heterocycles. The second-order valence-electron chi connectivity index (χ2n) is 1.34. The average molecular weight is 182 g/mol. The van der Waals surface area contributed by atoms with Crippen LogP contribution in [0.25, 0.3) is 0 Å². The summed E-state index contributed by atoms with van der Waals surface area (Å²) in [5, 5.41) is 0. The first-order valence-electron chi connectivity index (χ1n) is 1.34. The van der Waals surface area contributed by atoms with Gasteiger partial charge in [0.15, 0.2) is 0 Å². The number of hydrogen-bond acceptors (Lipinski definition) is 0. The van der Waals surface area contributed by atoms with Crippen molar-refractivity contribution in [1.29, 1.82) is 0 Å². The van der Waals surface area contributed by atoms with E-state index < -0.39 is 0 Å². The quantitative estimate of drug-likeness (QED) is 0.385. The molecule has 0 rings (SSSR count). The van der Waals surface area contributed by atoms with Gasteiger partial charge in [0, 0.05) is 0 Å². The Morgan fingerprint density at radius 2 is 1.00 bits per heavy atom. The van der Waals surface area contributed by atoms with Crippen molar-refractivity contribution in [3.05, 3.63) is 0 Å². The monoisotopic (exact) mass is 182 g/mol. The first-order chi connectivity index (χ1) is 1.73. The molecule has 0 aromatic rings. The van der Waals surface area contributed by atoms with Crippen LogP contribution in [-0.2, 0) is 0 Å². The van der Waals surface area contributed by atoms with E-state index in [0.717, 1.165) is 0 Å². The molecule has 0 aliphatic carbocycles. The van der Waals surface area contributed by atoms with E-state index in [1.54, 1.807) is 0 Å². The summed E-state index contributed by atoms with van der Waals surface area (Å²) in [5.41, 5.74) is 4.75. The molecule has 44 valence electrons. The van der Waals surface area contributed by atoms with E-state index in [1.807, 2.05) is 0 Å². The van der Waals surface area contributed by atoms with Crippen molar-refractivity contribution in [2.45, 2.75) is 11.4 Å². The molecule has 0 aliphatic rings. The van der Waals surface area contributed by atoms with Gasteiger partial charge in [0.1, 0.15) is 0 Å². The van der Waals surface area contributed by atoms with E-state index in [2.05, 4.69) is 11.4 Å². The molecule has 0 fully saturated rings. The third-order valence-corrected chi connectivity index (χ3v) is 0. The second-order valence-corrected chi connectivity index (χ2v) is 16.3. The van der Waals surface area contributed by atoms with Crippen molar-refractivity contribution in [1.82, 2.24) is 0 Å². The molecule has 0 saturated carbocycles. The fraction of sp³-hybridized carbons (Fsp3) is 1.00. The van der Waals surface area contributed by atoms with Gasteiger partial charge in [0.05, 0.1) is 0 Å². The minimum absolute atomic E-state index is 0. The second kappa shape index (κ2) is 15.7. The van der Waals surface area contributed by atoms with Gasteiger partial charge in [-0.05, 0) is 0 Å². The van der Waals surface area contributed by atoms with Gasteiger partial charge in [0.2, 0.25) is 0 Å². The van der Waals surface area contributed by atoms with Gasteiger partial charge < -0.3 is 16.4 Å². The summed E-state index contributed by atoms with van der Waals surface area (Å²) < 4.78 is 0. The molecule has 0 spiro atoms. The topological polar surface area (TPSA) is 94.5 Å². The Balaban J connectivity index is -0.0000000150. The summed E-state index contributed by atoms with van der Waals surface area (Å²) in [7, 11) is -0.0486. The smallest absolute Gasteiger partial charge is 0.412 e. The van der Waals surface area contributed by atoms with Gasteiger partial charge in [-0.3, -0.25) is 0 Å². The summed E-state index contributed by atoms with van der Waals surface area (Å²) in [5.74, 6) is 0. The molecule has 3 nitrogen and oxygen atoms in total. The van der Waals surface area contributed by atoms with Crippen LogP contribution >= 0.6 is 0 Å². The van der Waals surface area contributed by atoms with Crippen LogP contribution < -0.4 is 0 Å². The number of rotatable bonds is 0. The fourth-order valence-corrected chi connectivity index (χ4v) is 0. The molecule has 0 aromatic heterocycles. The molecule has 0 heterocycles. The molecule has 0 aliphatic heterocycles. The van der Waals surface area contributed by atoms with Gasteiger partial charge in [-0.2, -0.15) is 0 Å². The summed E-state index contributed by atoms with van der Waals surface area (Å²) in [4.78, 5) is 0. The SMILES string of the molecule is C[As](C)[Na].O.O.O. The molecule has 5 heteroatoms. The first-order valence-corrected chi connectivity index (χ1v) is 11.6. The number of hydrogen-bond donors (Lipinski definition) is 0. The van der Waals surface area contributed by atoms with E-state index in [9.17, 15) is 0 Å². The molecule has 0 amide bonds. The van der Waals surface area contributed by atoms with Crippen LogP contribution in [0.1, 0.15) is 0 Å². The van der Waals surface area contributed by atoms with Gasteiger partial charge in [-0.1, -0.05) is 0 Å². The zero-order valence-corrected chi connectivity index (χ0v) is 8.82. The van der Waals surface area contributed by atoms with Crippen LogP contribution in [0.4, 0.5) is 0 Å². The van der Waals surface area contributed by atoms with Gasteiger partial charge in [0.25, 0.3) is 0 Å². The van der Waals surface area contributed by atoms with Crippen molar-refractivity contribution < 1.29 is 16.4 Å². The Labute approximate surface area is 62.7 Å². The van der Waals surface area contributed by atoms with Crippen LogP contribution in [0.2, 0.25) is 11.4 Å². The van der Waals surface area contributed by atoms with Crippen molar-refractivity contribution in [3.8, 4) is 0 Å². The van der Waals surface area contributed by atoms with Crippen molar-refractivity contribution in [3.63, 3.8) is 0 Å². The van der Waals surface area contributed by atoms with Crippen molar-refractivity contribution >= 4 is 35.2 Å². The normalized spacial score (nSPS) is 5.29. The summed E-state index contributed by atoms with van der Waals surface area (Å²) in [6.45, 7) is 0. The zero-order valence-electron chi connectivity index (χ0n) is 4.95.